The molecular formula is C25H31N3O3S. The normalized spacial score (nSPS) is 10.9. The Morgan fingerprint density at radius 2 is 1.78 bits per heavy atom. The number of thiocarbonyl (C=S) groups is 1. The van der Waals surface area contributed by atoms with Gasteiger partial charge >= 0.3 is 0 Å². The summed E-state index contributed by atoms with van der Waals surface area (Å²) in [6.45, 7) is 6.41. The third kappa shape index (κ3) is 5.87. The third-order valence-corrected chi connectivity index (χ3v) is 5.91. The Balaban J connectivity index is 1.88. The molecule has 0 aliphatic rings. The lowest BCUT2D eigenvalue weighted by atomic mass is 10.0. The highest BCUT2D eigenvalue weighted by Crippen LogP contribution is 2.21. The van der Waals surface area contributed by atoms with Crippen LogP contribution in [-0.2, 0) is 17.8 Å². The molecule has 0 unspecified atom stereocenters. The summed E-state index contributed by atoms with van der Waals surface area (Å²) in [6.07, 6.45) is 0.849. The molecule has 2 N–H and O–H groups in total. The monoisotopic (exact) mass is 453 g/mol. The fraction of sp³-hybridized carbons (Fsp3) is 0.360. The number of benzene rings is 2. The molecule has 0 amide bonds. The van der Waals surface area contributed by atoms with Gasteiger partial charge in [-0.25, -0.2) is 0 Å². The smallest absolute Gasteiger partial charge is 0.253 e. The van der Waals surface area contributed by atoms with E-state index in [4.69, 9.17) is 21.7 Å². The summed E-state index contributed by atoms with van der Waals surface area (Å²) in [5.74, 6) is 0.803. The van der Waals surface area contributed by atoms with E-state index in [-0.39, 0.29) is 5.56 Å². The maximum atomic E-state index is 12.9. The molecule has 1 aromatic heterocycles. The van der Waals surface area contributed by atoms with E-state index >= 15 is 0 Å². The van der Waals surface area contributed by atoms with Gasteiger partial charge in [0, 0.05) is 37.8 Å². The van der Waals surface area contributed by atoms with Gasteiger partial charge in [-0.2, -0.15) is 0 Å². The zero-order chi connectivity index (χ0) is 23.1. The van der Waals surface area contributed by atoms with Crippen molar-refractivity contribution in [2.45, 2.75) is 33.4 Å². The number of nitrogens with zero attached hydrogens (tertiary/aromatic N) is 1. The van der Waals surface area contributed by atoms with Crippen LogP contribution in [0.4, 0.5) is 0 Å². The molecule has 2 aromatic carbocycles. The van der Waals surface area contributed by atoms with Gasteiger partial charge in [-0.05, 0) is 67.4 Å². The Hall–Kier alpha value is -2.90. The molecule has 32 heavy (non-hydrogen) atoms. The first-order valence-corrected chi connectivity index (χ1v) is 11.1. The second-order valence-electron chi connectivity index (χ2n) is 7.89. The van der Waals surface area contributed by atoms with Crippen molar-refractivity contribution in [3.8, 4) is 5.75 Å². The van der Waals surface area contributed by atoms with E-state index in [1.165, 1.54) is 0 Å². The molecule has 0 fully saturated rings. The Bertz CT molecular complexity index is 1130. The van der Waals surface area contributed by atoms with Crippen molar-refractivity contribution < 1.29 is 9.47 Å². The Kier molecular flexibility index (Phi) is 8.25. The van der Waals surface area contributed by atoms with Crippen molar-refractivity contribution in [1.82, 2.24) is 15.2 Å². The van der Waals surface area contributed by atoms with Crippen LogP contribution < -0.4 is 15.6 Å². The number of aryl methyl sites for hydroxylation is 2. The summed E-state index contributed by atoms with van der Waals surface area (Å²) >= 11 is 5.69. The average Bonchev–Trinajstić information content (AvgIpc) is 2.80. The average molecular weight is 454 g/mol. The second kappa shape index (κ2) is 11.1. The number of nitrogens with one attached hydrogen (secondary N) is 2. The van der Waals surface area contributed by atoms with Crippen LogP contribution in [0.5, 0.6) is 5.75 Å². The summed E-state index contributed by atoms with van der Waals surface area (Å²) in [5, 5.41) is 4.97. The van der Waals surface area contributed by atoms with Crippen LogP contribution in [0.15, 0.2) is 47.3 Å². The van der Waals surface area contributed by atoms with Crippen LogP contribution in [0.1, 0.15) is 28.7 Å². The number of pyridine rings is 1. The van der Waals surface area contributed by atoms with Gasteiger partial charge in [0.15, 0.2) is 5.11 Å². The number of fused-ring (bicyclic) bond motifs is 1. The minimum Gasteiger partial charge on any atom is -0.497 e. The first-order chi connectivity index (χ1) is 15.4. The molecular weight excluding hydrogens is 422 g/mol. The molecule has 1 heterocycles. The van der Waals surface area contributed by atoms with E-state index in [9.17, 15) is 4.79 Å². The van der Waals surface area contributed by atoms with Crippen LogP contribution in [0.2, 0.25) is 0 Å². The number of ether oxygens (including phenoxy) is 2. The number of aromatic nitrogens is 1. The lowest BCUT2D eigenvalue weighted by Gasteiger charge is -2.26. The fourth-order valence-electron chi connectivity index (χ4n) is 3.62. The van der Waals surface area contributed by atoms with E-state index in [2.05, 4.69) is 23.3 Å². The highest BCUT2D eigenvalue weighted by molar-refractivity contribution is 7.80. The van der Waals surface area contributed by atoms with Crippen LogP contribution in [0, 0.1) is 13.8 Å². The molecule has 3 rings (SSSR count). The van der Waals surface area contributed by atoms with Crippen molar-refractivity contribution >= 4 is 28.2 Å². The summed E-state index contributed by atoms with van der Waals surface area (Å²) in [5.41, 5.74) is 4.75. The quantitative estimate of drug-likeness (QED) is 0.376. The van der Waals surface area contributed by atoms with Crippen molar-refractivity contribution in [3.63, 3.8) is 0 Å². The van der Waals surface area contributed by atoms with Gasteiger partial charge in [0.05, 0.1) is 19.2 Å². The molecule has 0 saturated carbocycles. The maximum absolute atomic E-state index is 12.9. The van der Waals surface area contributed by atoms with E-state index < -0.39 is 0 Å². The lowest BCUT2D eigenvalue weighted by molar-refractivity contribution is 0.195. The molecule has 0 aliphatic carbocycles. The van der Waals surface area contributed by atoms with Gasteiger partial charge in [0.25, 0.3) is 5.56 Å². The van der Waals surface area contributed by atoms with Crippen LogP contribution in [0.3, 0.4) is 0 Å². The van der Waals surface area contributed by atoms with Crippen molar-refractivity contribution in [3.05, 3.63) is 75.1 Å². The van der Waals surface area contributed by atoms with Gasteiger partial charge < -0.3 is 24.7 Å². The minimum absolute atomic E-state index is 0.0897. The third-order valence-electron chi connectivity index (χ3n) is 5.50. The van der Waals surface area contributed by atoms with E-state index in [1.807, 2.05) is 48.2 Å². The largest absolute Gasteiger partial charge is 0.497 e. The zero-order valence-corrected chi connectivity index (χ0v) is 20.0. The van der Waals surface area contributed by atoms with Gasteiger partial charge in [-0.3, -0.25) is 4.79 Å². The Labute approximate surface area is 194 Å². The molecule has 0 radical (unpaired) electrons. The van der Waals surface area contributed by atoms with E-state index in [0.29, 0.717) is 36.9 Å². The predicted octanol–water partition coefficient (Wildman–Crippen LogP) is 4.07. The molecule has 0 aliphatic heterocycles. The number of aromatic amines is 1. The zero-order valence-electron chi connectivity index (χ0n) is 19.2. The number of hydrogen-bond donors (Lipinski definition) is 2. The summed E-state index contributed by atoms with van der Waals surface area (Å²) in [4.78, 5) is 18.0. The summed E-state index contributed by atoms with van der Waals surface area (Å²) < 4.78 is 10.4. The Morgan fingerprint density at radius 3 is 2.47 bits per heavy atom. The van der Waals surface area contributed by atoms with Crippen LogP contribution in [-0.4, -0.2) is 42.4 Å². The molecule has 0 atom stereocenters. The predicted molar refractivity (Wildman–Crippen MR) is 133 cm³/mol. The number of rotatable bonds is 9. The second-order valence-corrected chi connectivity index (χ2v) is 8.28. The Morgan fingerprint density at radius 1 is 1.06 bits per heavy atom. The number of methoxy groups -OCH3 is 2. The number of hydrogen-bond acceptors (Lipinski definition) is 4. The fourth-order valence-corrected chi connectivity index (χ4v) is 3.85. The van der Waals surface area contributed by atoms with Crippen molar-refractivity contribution in [2.75, 3.05) is 27.4 Å². The maximum Gasteiger partial charge on any atom is 0.253 e. The molecule has 6 nitrogen and oxygen atoms in total. The number of H-pyrrole nitrogens is 1. The van der Waals surface area contributed by atoms with Crippen LogP contribution >= 0.6 is 12.2 Å². The van der Waals surface area contributed by atoms with Gasteiger partial charge in [0.2, 0.25) is 0 Å². The molecule has 170 valence electrons. The molecule has 0 bridgehead atoms. The summed E-state index contributed by atoms with van der Waals surface area (Å²) in [7, 11) is 3.33. The molecule has 7 heteroatoms. The van der Waals surface area contributed by atoms with Gasteiger partial charge in [0.1, 0.15) is 5.75 Å². The standard InChI is InChI=1S/C25H31N3O3S/c1-17-6-7-18(2)23-22(17)14-20(24(29)27-23)16-28(25(32)26-12-5-13-30-3)15-19-8-10-21(31-4)11-9-19/h6-11,14H,5,12-13,15-16H2,1-4H3,(H,26,32)(H,27,29). The van der Waals surface area contributed by atoms with Gasteiger partial charge in [-0.15, -0.1) is 0 Å². The first-order valence-electron chi connectivity index (χ1n) is 10.7. The van der Waals surface area contributed by atoms with E-state index in [0.717, 1.165) is 39.8 Å². The molecule has 3 aromatic rings. The molecule has 0 saturated heterocycles. The highest BCUT2D eigenvalue weighted by atomic mass is 32.1. The van der Waals surface area contributed by atoms with Crippen LogP contribution in [0.25, 0.3) is 10.9 Å². The van der Waals surface area contributed by atoms with Gasteiger partial charge in [-0.1, -0.05) is 24.3 Å². The topological polar surface area (TPSA) is 66.6 Å². The van der Waals surface area contributed by atoms with Crippen molar-refractivity contribution in [2.24, 2.45) is 0 Å². The minimum atomic E-state index is -0.0897. The first kappa shape index (κ1) is 23.8. The lowest BCUT2D eigenvalue weighted by Crippen LogP contribution is -2.40. The SMILES string of the molecule is COCCCNC(=S)N(Cc1ccc(OC)cc1)Cc1cc2c(C)ccc(C)c2[nH]c1=O. The molecule has 0 spiro atoms. The van der Waals surface area contributed by atoms with E-state index in [1.54, 1.807) is 14.2 Å². The van der Waals surface area contributed by atoms with Crippen molar-refractivity contribution in [1.29, 1.82) is 0 Å². The highest BCUT2D eigenvalue weighted by Gasteiger charge is 2.15. The summed E-state index contributed by atoms with van der Waals surface area (Å²) in [6, 6.07) is 14.0.